The standard InChI is InChI=1S/C15H26O6S3/c1-4-7-10-22(16,17)13-15(24(20,21)12-9-6-3)14-23(18,19)11-8-5-2/h4-9,15H,10-14H2,1-3H3. The lowest BCUT2D eigenvalue weighted by molar-refractivity contribution is 0.574. The quantitative estimate of drug-likeness (QED) is 0.487. The van der Waals surface area contributed by atoms with Gasteiger partial charge in [-0.05, 0) is 20.8 Å². The van der Waals surface area contributed by atoms with Crippen molar-refractivity contribution in [2.45, 2.75) is 26.0 Å². The Bertz CT molecular complexity index is 723. The maximum Gasteiger partial charge on any atom is 0.158 e. The number of hydrogen-bond acceptors (Lipinski definition) is 6. The predicted molar refractivity (Wildman–Crippen MR) is 99.3 cm³/mol. The van der Waals surface area contributed by atoms with Gasteiger partial charge in [-0.1, -0.05) is 36.5 Å². The summed E-state index contributed by atoms with van der Waals surface area (Å²) in [7, 11) is -11.3. The number of allylic oxidation sites excluding steroid dienone is 3. The zero-order chi connectivity index (χ0) is 18.9. The molecule has 0 fully saturated rings. The molecule has 24 heavy (non-hydrogen) atoms. The van der Waals surface area contributed by atoms with Gasteiger partial charge >= 0.3 is 0 Å². The highest BCUT2D eigenvalue weighted by atomic mass is 32.2. The average molecular weight is 399 g/mol. The van der Waals surface area contributed by atoms with E-state index in [0.717, 1.165) is 0 Å². The Morgan fingerprint density at radius 1 is 0.625 bits per heavy atom. The van der Waals surface area contributed by atoms with Gasteiger partial charge in [0.05, 0.1) is 34.0 Å². The number of sulfone groups is 3. The first-order valence-corrected chi connectivity index (χ1v) is 12.8. The maximum atomic E-state index is 12.4. The largest absolute Gasteiger partial charge is 0.228 e. The summed E-state index contributed by atoms with van der Waals surface area (Å²) in [6, 6.07) is 0. The van der Waals surface area contributed by atoms with Crippen LogP contribution in [0.3, 0.4) is 0 Å². The van der Waals surface area contributed by atoms with E-state index in [2.05, 4.69) is 0 Å². The third-order valence-corrected chi connectivity index (χ3v) is 8.77. The normalized spacial score (nSPS) is 15.6. The van der Waals surface area contributed by atoms with Gasteiger partial charge in [-0.2, -0.15) is 0 Å². The van der Waals surface area contributed by atoms with Crippen LogP contribution < -0.4 is 0 Å². The van der Waals surface area contributed by atoms with Crippen molar-refractivity contribution in [2.24, 2.45) is 0 Å². The van der Waals surface area contributed by atoms with Gasteiger partial charge in [0.15, 0.2) is 29.5 Å². The Kier molecular flexibility index (Phi) is 9.76. The van der Waals surface area contributed by atoms with Crippen LogP contribution in [0.2, 0.25) is 0 Å². The van der Waals surface area contributed by atoms with E-state index in [0.29, 0.717) is 0 Å². The maximum absolute atomic E-state index is 12.4. The molecule has 6 nitrogen and oxygen atoms in total. The first kappa shape index (κ1) is 23.1. The van der Waals surface area contributed by atoms with Crippen molar-refractivity contribution in [3.05, 3.63) is 36.5 Å². The molecule has 140 valence electrons. The Labute approximate surface area is 146 Å². The van der Waals surface area contributed by atoms with Crippen LogP contribution in [0.25, 0.3) is 0 Å². The van der Waals surface area contributed by atoms with Crippen molar-refractivity contribution >= 4 is 29.5 Å². The Balaban J connectivity index is 5.61. The second-order valence-corrected chi connectivity index (χ2v) is 11.9. The monoisotopic (exact) mass is 398 g/mol. The molecule has 0 aliphatic carbocycles. The van der Waals surface area contributed by atoms with E-state index in [4.69, 9.17) is 0 Å². The highest BCUT2D eigenvalue weighted by Crippen LogP contribution is 2.12. The van der Waals surface area contributed by atoms with Gasteiger partial charge in [0.2, 0.25) is 0 Å². The second-order valence-electron chi connectivity index (χ2n) is 5.31. The molecule has 0 saturated heterocycles. The Morgan fingerprint density at radius 3 is 1.29 bits per heavy atom. The minimum atomic E-state index is -3.89. The summed E-state index contributed by atoms with van der Waals surface area (Å²) < 4.78 is 73.1. The fraction of sp³-hybridized carbons (Fsp3) is 0.600. The van der Waals surface area contributed by atoms with Crippen LogP contribution in [0.4, 0.5) is 0 Å². The molecule has 0 N–H and O–H groups in total. The van der Waals surface area contributed by atoms with Crippen molar-refractivity contribution in [3.63, 3.8) is 0 Å². The molecule has 0 aromatic rings. The van der Waals surface area contributed by atoms with E-state index in [1.807, 2.05) is 0 Å². The molecule has 0 heterocycles. The molecular weight excluding hydrogens is 372 g/mol. The molecule has 0 amide bonds. The van der Waals surface area contributed by atoms with E-state index < -0.39 is 46.3 Å². The first-order chi connectivity index (χ1) is 11.0. The van der Waals surface area contributed by atoms with Crippen molar-refractivity contribution in [1.29, 1.82) is 0 Å². The van der Waals surface area contributed by atoms with E-state index in [1.54, 1.807) is 32.9 Å². The fourth-order valence-electron chi connectivity index (χ4n) is 1.81. The smallest absolute Gasteiger partial charge is 0.158 e. The minimum Gasteiger partial charge on any atom is -0.228 e. The molecular formula is C15H26O6S3. The highest BCUT2D eigenvalue weighted by Gasteiger charge is 2.33. The summed E-state index contributed by atoms with van der Waals surface area (Å²) in [5.41, 5.74) is 0. The second kappa shape index (κ2) is 10.1. The summed E-state index contributed by atoms with van der Waals surface area (Å²) in [5.74, 6) is -2.41. The third-order valence-electron chi connectivity index (χ3n) is 3.12. The lowest BCUT2D eigenvalue weighted by Crippen LogP contribution is -2.38. The highest BCUT2D eigenvalue weighted by molar-refractivity contribution is 7.97. The van der Waals surface area contributed by atoms with Crippen LogP contribution in [0.1, 0.15) is 20.8 Å². The van der Waals surface area contributed by atoms with Crippen LogP contribution in [0.5, 0.6) is 0 Å². The molecule has 0 aromatic carbocycles. The Hall–Kier alpha value is -0.930. The van der Waals surface area contributed by atoms with Gasteiger partial charge in [0.25, 0.3) is 0 Å². The van der Waals surface area contributed by atoms with Gasteiger partial charge in [-0.15, -0.1) is 0 Å². The van der Waals surface area contributed by atoms with E-state index in [1.165, 1.54) is 24.3 Å². The minimum absolute atomic E-state index is 0.311. The lowest BCUT2D eigenvalue weighted by Gasteiger charge is -2.16. The van der Waals surface area contributed by atoms with Crippen molar-refractivity contribution in [3.8, 4) is 0 Å². The average Bonchev–Trinajstić information content (AvgIpc) is 2.48. The van der Waals surface area contributed by atoms with E-state index in [9.17, 15) is 25.3 Å². The molecule has 0 saturated carbocycles. The SMILES string of the molecule is CC=CCS(=O)(=O)CC(CS(=O)(=O)CC=CC)S(=O)(=O)CC=CC. The van der Waals surface area contributed by atoms with Gasteiger partial charge in [-0.25, -0.2) is 25.3 Å². The van der Waals surface area contributed by atoms with Crippen LogP contribution >= 0.6 is 0 Å². The van der Waals surface area contributed by atoms with Gasteiger partial charge in [0.1, 0.15) is 0 Å². The molecule has 0 rings (SSSR count). The summed E-state index contributed by atoms with van der Waals surface area (Å²) in [5, 5.41) is -1.47. The van der Waals surface area contributed by atoms with Crippen molar-refractivity contribution in [2.75, 3.05) is 28.8 Å². The molecule has 0 atom stereocenters. The van der Waals surface area contributed by atoms with E-state index >= 15 is 0 Å². The summed E-state index contributed by atoms with van der Waals surface area (Å²) in [6.45, 7) is 4.94. The van der Waals surface area contributed by atoms with Crippen LogP contribution in [-0.2, 0) is 29.5 Å². The zero-order valence-corrected chi connectivity index (χ0v) is 16.7. The van der Waals surface area contributed by atoms with E-state index in [-0.39, 0.29) is 17.3 Å². The number of rotatable bonds is 11. The summed E-state index contributed by atoms with van der Waals surface area (Å²) >= 11 is 0. The van der Waals surface area contributed by atoms with Crippen molar-refractivity contribution in [1.82, 2.24) is 0 Å². The summed E-state index contributed by atoms with van der Waals surface area (Å²) in [4.78, 5) is 0. The third kappa shape index (κ3) is 9.39. The fourth-order valence-corrected chi connectivity index (χ4v) is 8.21. The number of hydrogen-bond donors (Lipinski definition) is 0. The molecule has 0 aliphatic rings. The molecule has 0 spiro atoms. The van der Waals surface area contributed by atoms with Crippen LogP contribution in [0, 0.1) is 0 Å². The van der Waals surface area contributed by atoms with Gasteiger partial charge < -0.3 is 0 Å². The Morgan fingerprint density at radius 2 is 0.958 bits per heavy atom. The molecule has 0 aliphatic heterocycles. The zero-order valence-electron chi connectivity index (χ0n) is 14.3. The topological polar surface area (TPSA) is 102 Å². The van der Waals surface area contributed by atoms with Crippen LogP contribution in [0.15, 0.2) is 36.5 Å². The van der Waals surface area contributed by atoms with Gasteiger partial charge in [-0.3, -0.25) is 0 Å². The van der Waals surface area contributed by atoms with Crippen LogP contribution in [-0.4, -0.2) is 59.3 Å². The summed E-state index contributed by atoms with van der Waals surface area (Å²) in [6.07, 6.45) is 8.79. The molecule has 0 radical (unpaired) electrons. The molecule has 0 bridgehead atoms. The first-order valence-electron chi connectivity index (χ1n) is 7.45. The van der Waals surface area contributed by atoms with Gasteiger partial charge in [0, 0.05) is 0 Å². The lowest BCUT2D eigenvalue weighted by atomic mass is 10.5. The predicted octanol–water partition coefficient (Wildman–Crippen LogP) is 1.33. The van der Waals surface area contributed by atoms with Crippen molar-refractivity contribution < 1.29 is 25.3 Å². The molecule has 0 unspecified atom stereocenters. The molecule has 9 heteroatoms. The molecule has 0 aromatic heterocycles.